The first kappa shape index (κ1) is 38.2. The van der Waals surface area contributed by atoms with Gasteiger partial charge < -0.3 is 34.7 Å². The number of benzene rings is 1. The molecule has 2 heterocycles. The van der Waals surface area contributed by atoms with Gasteiger partial charge in [-0.3, -0.25) is 4.79 Å². The number of carboxylic acid groups (broad SMARTS) is 1. The van der Waals surface area contributed by atoms with Crippen LogP contribution in [0.4, 0.5) is 0 Å². The number of aromatic hydroxyl groups is 1. The molecule has 0 radical (unpaired) electrons. The van der Waals surface area contributed by atoms with Gasteiger partial charge in [0.25, 0.3) is 0 Å². The van der Waals surface area contributed by atoms with Crippen molar-refractivity contribution in [3.63, 3.8) is 0 Å². The van der Waals surface area contributed by atoms with Gasteiger partial charge in [0.2, 0.25) is 0 Å². The van der Waals surface area contributed by atoms with Crippen LogP contribution in [-0.2, 0) is 20.7 Å². The molecule has 1 aromatic carbocycles. The summed E-state index contributed by atoms with van der Waals surface area (Å²) in [6.45, 7) is 15.4. The number of carbonyl (C=O) groups excluding carboxylic acids is 2. The molecule has 0 unspecified atom stereocenters. The number of hydrogen-bond donors (Lipinski definition) is 3. The van der Waals surface area contributed by atoms with Gasteiger partial charge in [0.1, 0.15) is 11.5 Å². The summed E-state index contributed by atoms with van der Waals surface area (Å²) in [4.78, 5) is 25.5. The van der Waals surface area contributed by atoms with E-state index in [1.807, 2.05) is 27.7 Å². The molecular formula is C34H53NaO8. The van der Waals surface area contributed by atoms with Crippen LogP contribution in [-0.4, -0.2) is 62.7 Å². The molecule has 0 aliphatic carbocycles. The van der Waals surface area contributed by atoms with E-state index in [1.54, 1.807) is 26.0 Å². The number of phenols is 1. The first-order valence-corrected chi connectivity index (χ1v) is 16.0. The van der Waals surface area contributed by atoms with Crippen LogP contribution in [0.15, 0.2) is 12.1 Å². The molecule has 43 heavy (non-hydrogen) atoms. The second-order valence-corrected chi connectivity index (χ2v) is 13.2. The Balaban J connectivity index is 0.00000645. The second kappa shape index (κ2) is 15.5. The summed E-state index contributed by atoms with van der Waals surface area (Å²) in [5.74, 6) is -2.92. The maximum Gasteiger partial charge on any atom is 1.00 e. The third-order valence-corrected chi connectivity index (χ3v) is 10.6. The third kappa shape index (κ3) is 7.87. The Bertz CT molecular complexity index is 1110. The molecule has 2 fully saturated rings. The van der Waals surface area contributed by atoms with Crippen LogP contribution in [0.1, 0.15) is 115 Å². The number of carbonyl (C=O) groups is 2. The Morgan fingerprint density at radius 2 is 1.79 bits per heavy atom. The Hall–Kier alpha value is -1.00. The summed E-state index contributed by atoms with van der Waals surface area (Å²) in [7, 11) is 0. The largest absolute Gasteiger partial charge is 1.00 e. The van der Waals surface area contributed by atoms with Crippen molar-refractivity contribution in [1.82, 2.24) is 0 Å². The van der Waals surface area contributed by atoms with Crippen molar-refractivity contribution < 1.29 is 69.0 Å². The molecule has 3 N–H and O–H groups in total. The van der Waals surface area contributed by atoms with Crippen LogP contribution in [0.3, 0.4) is 0 Å². The number of Topliss-reactive ketones (excluding diaryl/α,β-unsaturated/α-hetero) is 1. The van der Waals surface area contributed by atoms with E-state index in [1.165, 1.54) is 0 Å². The average molecular weight is 613 g/mol. The van der Waals surface area contributed by atoms with E-state index in [-0.39, 0.29) is 82.7 Å². The zero-order valence-electron chi connectivity index (χ0n) is 27.8. The third-order valence-electron chi connectivity index (χ3n) is 10.6. The number of hydrogen-bond acceptors (Lipinski definition) is 8. The summed E-state index contributed by atoms with van der Waals surface area (Å²) in [6.07, 6.45) is 3.21. The minimum atomic E-state index is -1.43. The van der Waals surface area contributed by atoms with Gasteiger partial charge in [-0.2, -0.15) is 0 Å². The van der Waals surface area contributed by atoms with Gasteiger partial charge in [0.15, 0.2) is 0 Å². The Morgan fingerprint density at radius 3 is 2.33 bits per heavy atom. The number of aryl methyl sites for hydroxylation is 2. The first-order valence-electron chi connectivity index (χ1n) is 16.0. The van der Waals surface area contributed by atoms with E-state index >= 15 is 0 Å². The van der Waals surface area contributed by atoms with Gasteiger partial charge in [-0.05, 0) is 88.2 Å². The molecule has 9 heteroatoms. The molecule has 0 saturated carbocycles. The number of aliphatic hydroxyl groups excluding tert-OH is 1. The number of carboxylic acids is 1. The molecule has 0 amide bonds. The molecule has 1 aromatic rings. The van der Waals surface area contributed by atoms with Crippen LogP contribution in [0.2, 0.25) is 0 Å². The standard InChI is InChI=1S/C34H54O8.Na/c1-9-25(31-21(6)18-34(11-3,42-31)26-16-17-33(40,10-2)23(8)41-26)30(37)22(7)28(35)19(4)12-14-24-15-13-20(5)29(36)27(24)32(38)39;/h13,15,19,21-23,25-26,28,31,35-36,40H,9-12,14,16-18H2,1-8H3,(H,38,39);/q;+1/p-1/t19-,21+,22+,23+,25+,26-,28+,31+,33-,34+;/m1./s1. The summed E-state index contributed by atoms with van der Waals surface area (Å²) in [6, 6.07) is 3.33. The fourth-order valence-corrected chi connectivity index (χ4v) is 7.44. The normalized spacial score (nSPS) is 32.0. The van der Waals surface area contributed by atoms with E-state index < -0.39 is 29.2 Å². The van der Waals surface area contributed by atoms with Gasteiger partial charge >= 0.3 is 29.6 Å². The van der Waals surface area contributed by atoms with Gasteiger partial charge in [-0.15, -0.1) is 0 Å². The van der Waals surface area contributed by atoms with Crippen LogP contribution >= 0.6 is 0 Å². The Labute approximate surface area is 280 Å². The van der Waals surface area contributed by atoms with E-state index in [4.69, 9.17) is 9.47 Å². The molecule has 0 aromatic heterocycles. The smallest absolute Gasteiger partial charge is 0.545 e. The monoisotopic (exact) mass is 612 g/mol. The van der Waals surface area contributed by atoms with Crippen LogP contribution in [0.5, 0.6) is 5.75 Å². The van der Waals surface area contributed by atoms with Crippen LogP contribution in [0, 0.1) is 30.6 Å². The molecule has 238 valence electrons. The summed E-state index contributed by atoms with van der Waals surface area (Å²) < 4.78 is 13.2. The predicted molar refractivity (Wildman–Crippen MR) is 159 cm³/mol. The van der Waals surface area contributed by atoms with Crippen molar-refractivity contribution in [2.24, 2.45) is 23.7 Å². The SMILES string of the molecule is CC[C@@H](C(=O)[C@@H](C)[C@@H](O)[C@H](C)CCc1ccc(C)c(O)c1C(=O)[O-])[C@H]1O[C@](CC)([C@H]2CC[C@](O)(CC)[C@H](C)O2)C[C@@H]1C.[Na+]. The number of aliphatic hydroxyl groups is 2. The van der Waals surface area contributed by atoms with Crippen molar-refractivity contribution in [2.45, 2.75) is 142 Å². The minimum Gasteiger partial charge on any atom is -0.545 e. The van der Waals surface area contributed by atoms with E-state index in [2.05, 4.69) is 13.8 Å². The molecule has 2 saturated heterocycles. The molecular weight excluding hydrogens is 559 g/mol. The molecule has 10 atom stereocenters. The van der Waals surface area contributed by atoms with Crippen molar-refractivity contribution >= 4 is 11.8 Å². The van der Waals surface area contributed by atoms with Crippen molar-refractivity contribution in [3.05, 3.63) is 28.8 Å². The number of aromatic carboxylic acids is 1. The first-order chi connectivity index (χ1) is 19.7. The molecule has 2 aliphatic heterocycles. The molecule has 2 aliphatic rings. The van der Waals surface area contributed by atoms with Crippen LogP contribution < -0.4 is 34.7 Å². The molecule has 0 spiro atoms. The Morgan fingerprint density at radius 1 is 1.14 bits per heavy atom. The van der Waals surface area contributed by atoms with Crippen molar-refractivity contribution in [3.8, 4) is 5.75 Å². The second-order valence-electron chi connectivity index (χ2n) is 13.2. The van der Waals surface area contributed by atoms with Gasteiger partial charge in [0.05, 0.1) is 41.6 Å². The summed E-state index contributed by atoms with van der Waals surface area (Å²) >= 11 is 0. The quantitative estimate of drug-likeness (QED) is 0.285. The fraction of sp³-hybridized carbons (Fsp3) is 0.765. The summed E-state index contributed by atoms with van der Waals surface area (Å²) in [5, 5.41) is 44.1. The summed E-state index contributed by atoms with van der Waals surface area (Å²) in [5.41, 5.74) is -0.659. The van der Waals surface area contributed by atoms with Crippen LogP contribution in [0.25, 0.3) is 0 Å². The van der Waals surface area contributed by atoms with Gasteiger partial charge in [0, 0.05) is 17.4 Å². The average Bonchev–Trinajstić information content (AvgIpc) is 3.31. The topological polar surface area (TPSA) is 136 Å². The van der Waals surface area contributed by atoms with Gasteiger partial charge in [-0.1, -0.05) is 53.7 Å². The van der Waals surface area contributed by atoms with E-state index in [9.17, 15) is 30.0 Å². The number of ether oxygens (including phenoxy) is 2. The fourth-order valence-electron chi connectivity index (χ4n) is 7.44. The maximum atomic E-state index is 13.9. The number of rotatable bonds is 13. The minimum absolute atomic E-state index is 0. The van der Waals surface area contributed by atoms with Gasteiger partial charge in [-0.25, -0.2) is 0 Å². The molecule has 8 nitrogen and oxygen atoms in total. The predicted octanol–water partition coefficient (Wildman–Crippen LogP) is 1.51. The van der Waals surface area contributed by atoms with Crippen molar-refractivity contribution in [1.29, 1.82) is 0 Å². The number of ketones is 1. The van der Waals surface area contributed by atoms with E-state index in [0.717, 1.165) is 12.8 Å². The van der Waals surface area contributed by atoms with E-state index in [0.29, 0.717) is 49.7 Å². The maximum absolute atomic E-state index is 13.9. The zero-order valence-corrected chi connectivity index (χ0v) is 29.8. The Kier molecular flexibility index (Phi) is 13.8. The zero-order chi connectivity index (χ0) is 31.6. The molecule has 0 bridgehead atoms. The molecule has 3 rings (SSSR count). The van der Waals surface area contributed by atoms with Crippen molar-refractivity contribution in [2.75, 3.05) is 0 Å².